The first-order valence-corrected chi connectivity index (χ1v) is 11.7. The maximum absolute atomic E-state index is 13.1. The van der Waals surface area contributed by atoms with E-state index in [-0.39, 0.29) is 17.2 Å². The highest BCUT2D eigenvalue weighted by Crippen LogP contribution is 2.50. The Morgan fingerprint density at radius 2 is 1.83 bits per heavy atom. The molecule has 0 amide bonds. The van der Waals surface area contributed by atoms with E-state index in [1.54, 1.807) is 0 Å². The highest BCUT2D eigenvalue weighted by Gasteiger charge is 2.55. The van der Waals surface area contributed by atoms with Crippen LogP contribution in [0.15, 0.2) is 29.2 Å². The van der Waals surface area contributed by atoms with Crippen LogP contribution in [-0.4, -0.2) is 81.9 Å². The van der Waals surface area contributed by atoms with Gasteiger partial charge in [-0.2, -0.15) is 13.1 Å². The van der Waals surface area contributed by atoms with Gasteiger partial charge >= 0.3 is 6.61 Å². The van der Waals surface area contributed by atoms with Gasteiger partial charge in [0.1, 0.15) is 5.75 Å². The number of halogens is 2. The van der Waals surface area contributed by atoms with Gasteiger partial charge in [-0.05, 0) is 43.5 Å². The van der Waals surface area contributed by atoms with Crippen LogP contribution in [0.1, 0.15) is 19.3 Å². The average molecular weight is 445 g/mol. The topological polar surface area (TPSA) is 68.3 Å². The molecule has 0 aromatic heterocycles. The fourth-order valence-electron chi connectivity index (χ4n) is 5.22. The predicted octanol–water partition coefficient (Wildman–Crippen LogP) is 1.93. The molecular weight excluding hydrogens is 418 g/mol. The van der Waals surface area contributed by atoms with Gasteiger partial charge in [0.2, 0.25) is 10.0 Å². The van der Waals surface area contributed by atoms with Crippen molar-refractivity contribution >= 4 is 10.0 Å². The molecule has 4 fully saturated rings. The van der Waals surface area contributed by atoms with Crippen LogP contribution in [-0.2, 0) is 19.5 Å². The van der Waals surface area contributed by atoms with Crippen LogP contribution >= 0.6 is 0 Å². The van der Waals surface area contributed by atoms with Crippen LogP contribution in [0, 0.1) is 5.41 Å². The molecule has 166 valence electrons. The van der Waals surface area contributed by atoms with Crippen LogP contribution < -0.4 is 4.74 Å². The molecule has 7 nitrogen and oxygen atoms in total. The van der Waals surface area contributed by atoms with E-state index in [4.69, 9.17) is 9.47 Å². The van der Waals surface area contributed by atoms with E-state index in [1.807, 2.05) is 0 Å². The second-order valence-electron chi connectivity index (χ2n) is 9.00. The van der Waals surface area contributed by atoms with Crippen LogP contribution in [0.25, 0.3) is 0 Å². The second kappa shape index (κ2) is 7.37. The van der Waals surface area contributed by atoms with Crippen molar-refractivity contribution in [1.82, 2.24) is 9.21 Å². The molecule has 0 radical (unpaired) electrons. The monoisotopic (exact) mass is 444 g/mol. The van der Waals surface area contributed by atoms with Crippen molar-refractivity contribution in [3.05, 3.63) is 24.3 Å². The number of nitrogens with zero attached hydrogens (tertiary/aromatic N) is 2. The lowest BCUT2D eigenvalue weighted by Crippen LogP contribution is -2.60. The van der Waals surface area contributed by atoms with Crippen molar-refractivity contribution < 1.29 is 31.4 Å². The van der Waals surface area contributed by atoms with Gasteiger partial charge in [-0.1, -0.05) is 0 Å². The van der Waals surface area contributed by atoms with E-state index >= 15 is 0 Å². The van der Waals surface area contributed by atoms with Gasteiger partial charge in [0, 0.05) is 37.6 Å². The number of ether oxygens (including phenoxy) is 3. The smallest absolute Gasteiger partial charge is 0.387 e. The maximum Gasteiger partial charge on any atom is 0.387 e. The largest absolute Gasteiger partial charge is 0.435 e. The van der Waals surface area contributed by atoms with Gasteiger partial charge < -0.3 is 14.2 Å². The summed E-state index contributed by atoms with van der Waals surface area (Å²) < 4.78 is 68.2. The number of likely N-dealkylation sites (tertiary alicyclic amines) is 1. The Morgan fingerprint density at radius 1 is 1.10 bits per heavy atom. The summed E-state index contributed by atoms with van der Waals surface area (Å²) in [5.74, 6) is -0.0658. The lowest BCUT2D eigenvalue weighted by atomic mass is 9.63. The minimum atomic E-state index is -3.74. The normalized spacial score (nSPS) is 30.0. The van der Waals surface area contributed by atoms with Crippen molar-refractivity contribution in [2.45, 2.75) is 42.4 Å². The van der Waals surface area contributed by atoms with Gasteiger partial charge in [0.15, 0.2) is 0 Å². The summed E-state index contributed by atoms with van der Waals surface area (Å²) in [5, 5.41) is 0. The molecule has 1 aromatic rings. The highest BCUT2D eigenvalue weighted by atomic mass is 32.2. The molecule has 0 bridgehead atoms. The number of rotatable bonds is 5. The Bertz CT molecular complexity index is 885. The molecule has 4 aliphatic rings. The SMILES string of the molecule is O=S(=O)(c1ccc(OC(F)F)cc1)N1CCOC2(CCN(C3CC4(COC4)C3)C2)C1. The van der Waals surface area contributed by atoms with Gasteiger partial charge in [0.05, 0.1) is 30.3 Å². The molecule has 3 heterocycles. The molecule has 3 aliphatic heterocycles. The summed E-state index contributed by atoms with van der Waals surface area (Å²) in [5.41, 5.74) is -0.0909. The van der Waals surface area contributed by atoms with Gasteiger partial charge in [-0.3, -0.25) is 4.90 Å². The second-order valence-corrected chi connectivity index (χ2v) is 10.9. The molecule has 1 unspecified atom stereocenters. The number of alkyl halides is 2. The van der Waals surface area contributed by atoms with E-state index in [0.29, 0.717) is 24.6 Å². The predicted molar refractivity (Wildman–Crippen MR) is 103 cm³/mol. The molecule has 1 saturated carbocycles. The zero-order valence-electron chi connectivity index (χ0n) is 16.6. The van der Waals surface area contributed by atoms with E-state index < -0.39 is 22.2 Å². The molecule has 3 saturated heterocycles. The average Bonchev–Trinajstić information content (AvgIpc) is 3.02. The zero-order chi connectivity index (χ0) is 21.0. The van der Waals surface area contributed by atoms with Crippen LogP contribution in [0.4, 0.5) is 8.78 Å². The third-order valence-electron chi connectivity index (χ3n) is 6.92. The third kappa shape index (κ3) is 3.62. The lowest BCUT2D eigenvalue weighted by molar-refractivity contribution is -0.185. The Morgan fingerprint density at radius 3 is 2.47 bits per heavy atom. The molecule has 2 spiro atoms. The molecule has 1 atom stereocenters. The summed E-state index contributed by atoms with van der Waals surface area (Å²) in [6, 6.07) is 5.66. The highest BCUT2D eigenvalue weighted by molar-refractivity contribution is 7.89. The Balaban J connectivity index is 1.24. The number of sulfonamides is 1. The quantitative estimate of drug-likeness (QED) is 0.692. The molecule has 1 aliphatic carbocycles. The molecule has 1 aromatic carbocycles. The first-order valence-electron chi connectivity index (χ1n) is 10.3. The van der Waals surface area contributed by atoms with Gasteiger partial charge in [-0.25, -0.2) is 8.42 Å². The lowest BCUT2D eigenvalue weighted by Gasteiger charge is -2.56. The first kappa shape index (κ1) is 20.6. The fourth-order valence-corrected chi connectivity index (χ4v) is 6.71. The fraction of sp³-hybridized carbons (Fsp3) is 0.700. The van der Waals surface area contributed by atoms with Crippen molar-refractivity contribution in [1.29, 1.82) is 0 Å². The van der Waals surface area contributed by atoms with E-state index in [2.05, 4.69) is 9.64 Å². The van der Waals surface area contributed by atoms with E-state index in [9.17, 15) is 17.2 Å². The van der Waals surface area contributed by atoms with E-state index in [1.165, 1.54) is 28.6 Å². The molecule has 30 heavy (non-hydrogen) atoms. The number of morpholine rings is 1. The third-order valence-corrected chi connectivity index (χ3v) is 8.78. The van der Waals surface area contributed by atoms with Crippen molar-refractivity contribution in [3.63, 3.8) is 0 Å². The number of hydrogen-bond acceptors (Lipinski definition) is 6. The minimum Gasteiger partial charge on any atom is -0.435 e. The molecule has 5 rings (SSSR count). The molecule has 10 heteroatoms. The maximum atomic E-state index is 13.1. The van der Waals surface area contributed by atoms with Gasteiger partial charge in [-0.15, -0.1) is 0 Å². The van der Waals surface area contributed by atoms with Crippen molar-refractivity contribution in [3.8, 4) is 5.75 Å². The number of benzene rings is 1. The Kier molecular flexibility index (Phi) is 5.05. The summed E-state index contributed by atoms with van der Waals surface area (Å²) in [6.07, 6.45) is 3.11. The van der Waals surface area contributed by atoms with Crippen LogP contribution in [0.2, 0.25) is 0 Å². The standard InChI is InChI=1S/C20H26F2N2O5S/c21-18(22)29-16-1-3-17(4-2-16)30(25,26)24-7-8-28-20(12-24)5-6-23(11-20)15-9-19(10-15)13-27-14-19/h1-4,15,18H,5-14H2. The summed E-state index contributed by atoms with van der Waals surface area (Å²) in [7, 11) is -3.74. The van der Waals surface area contributed by atoms with Crippen LogP contribution in [0.3, 0.4) is 0 Å². The number of hydrogen-bond donors (Lipinski definition) is 0. The summed E-state index contributed by atoms with van der Waals surface area (Å²) in [4.78, 5) is 2.51. The van der Waals surface area contributed by atoms with Crippen molar-refractivity contribution in [2.75, 3.05) is 46.0 Å². The summed E-state index contributed by atoms with van der Waals surface area (Å²) in [6.45, 7) is 1.38. The molecule has 0 N–H and O–H groups in total. The summed E-state index contributed by atoms with van der Waals surface area (Å²) >= 11 is 0. The Hall–Kier alpha value is -1.33. The first-order chi connectivity index (χ1) is 14.3. The van der Waals surface area contributed by atoms with Crippen molar-refractivity contribution in [2.24, 2.45) is 5.41 Å². The minimum absolute atomic E-state index is 0.0658. The zero-order valence-corrected chi connectivity index (χ0v) is 17.5. The van der Waals surface area contributed by atoms with E-state index in [0.717, 1.165) is 45.6 Å². The molecular formula is C20H26F2N2O5S. The van der Waals surface area contributed by atoms with Crippen LogP contribution in [0.5, 0.6) is 5.75 Å². The Labute approximate surface area is 174 Å². The van der Waals surface area contributed by atoms with Gasteiger partial charge in [0.25, 0.3) is 0 Å².